The molecule has 2 aromatic rings. The van der Waals surface area contributed by atoms with Crippen molar-refractivity contribution < 1.29 is 13.9 Å². The topological polar surface area (TPSA) is 64.1 Å². The van der Waals surface area contributed by atoms with Crippen LogP contribution < -0.4 is 5.32 Å². The third kappa shape index (κ3) is 2.60. The lowest BCUT2D eigenvalue weighted by Gasteiger charge is -2.06. The number of benzene rings is 1. The lowest BCUT2D eigenvalue weighted by molar-refractivity contribution is 0.0593. The summed E-state index contributed by atoms with van der Waals surface area (Å²) in [4.78, 5) is 19.1. The van der Waals surface area contributed by atoms with E-state index < -0.39 is 11.8 Å². The van der Waals surface area contributed by atoms with Crippen molar-refractivity contribution in [3.8, 4) is 0 Å². The zero-order chi connectivity index (χ0) is 13.0. The highest BCUT2D eigenvalue weighted by Crippen LogP contribution is 2.17. The van der Waals surface area contributed by atoms with Crippen LogP contribution in [0.5, 0.6) is 0 Å². The third-order valence-electron chi connectivity index (χ3n) is 2.17. The Morgan fingerprint density at radius 2 is 2.11 bits per heavy atom. The number of para-hydroxylation sites is 1. The van der Waals surface area contributed by atoms with Gasteiger partial charge in [-0.05, 0) is 12.1 Å². The smallest absolute Gasteiger partial charge is 0.358 e. The number of carbonyl (C=O) groups is 1. The molecule has 0 fully saturated rings. The molecule has 2 rings (SSSR count). The van der Waals surface area contributed by atoms with Crippen LogP contribution in [0.3, 0.4) is 0 Å². The Bertz CT molecular complexity index is 575. The first-order valence-electron chi connectivity index (χ1n) is 5.12. The summed E-state index contributed by atoms with van der Waals surface area (Å²) >= 11 is 0. The Hall–Kier alpha value is -2.50. The van der Waals surface area contributed by atoms with Gasteiger partial charge in [-0.25, -0.2) is 14.2 Å². The molecule has 6 heteroatoms. The zero-order valence-electron chi connectivity index (χ0n) is 9.55. The Morgan fingerprint density at radius 1 is 1.33 bits per heavy atom. The number of nitrogens with one attached hydrogen (secondary N) is 1. The normalized spacial score (nSPS) is 9.89. The molecule has 0 radical (unpaired) electrons. The minimum atomic E-state index is -0.598. The van der Waals surface area contributed by atoms with E-state index in [4.69, 9.17) is 0 Å². The van der Waals surface area contributed by atoms with Gasteiger partial charge < -0.3 is 10.1 Å². The summed E-state index contributed by atoms with van der Waals surface area (Å²) in [6, 6.07) is 6.14. The summed E-state index contributed by atoms with van der Waals surface area (Å²) in [5.74, 6) is -0.745. The van der Waals surface area contributed by atoms with Gasteiger partial charge in [0.25, 0.3) is 0 Å². The quantitative estimate of drug-likeness (QED) is 0.842. The molecule has 0 saturated heterocycles. The lowest BCUT2D eigenvalue weighted by Crippen LogP contribution is -2.07. The molecule has 92 valence electrons. The molecule has 0 amide bonds. The van der Waals surface area contributed by atoms with Gasteiger partial charge in [0.15, 0.2) is 5.69 Å². The predicted octanol–water partition coefficient (Wildman–Crippen LogP) is 2.15. The van der Waals surface area contributed by atoms with Crippen molar-refractivity contribution in [1.82, 2.24) is 9.97 Å². The molecule has 18 heavy (non-hydrogen) atoms. The number of nitrogens with zero attached hydrogens (tertiary/aromatic N) is 2. The Labute approximate surface area is 103 Å². The SMILES string of the molecule is COC(=O)c1cncc(Nc2ccccc2F)n1. The van der Waals surface area contributed by atoms with E-state index in [1.54, 1.807) is 18.2 Å². The number of ether oxygens (including phenoxy) is 1. The number of aromatic nitrogens is 2. The summed E-state index contributed by atoms with van der Waals surface area (Å²) in [6.45, 7) is 0. The molecule has 1 aromatic heterocycles. The number of esters is 1. The summed E-state index contributed by atoms with van der Waals surface area (Å²) in [5.41, 5.74) is 0.313. The maximum atomic E-state index is 13.4. The summed E-state index contributed by atoms with van der Waals surface area (Å²) in [6.07, 6.45) is 2.66. The number of methoxy groups -OCH3 is 1. The van der Waals surface area contributed by atoms with E-state index in [0.717, 1.165) is 0 Å². The minimum Gasteiger partial charge on any atom is -0.464 e. The van der Waals surface area contributed by atoms with E-state index in [0.29, 0.717) is 0 Å². The van der Waals surface area contributed by atoms with Gasteiger partial charge in [0.1, 0.15) is 11.6 Å². The van der Waals surface area contributed by atoms with Gasteiger partial charge in [-0.1, -0.05) is 12.1 Å². The second kappa shape index (κ2) is 5.22. The number of hydrogen-bond acceptors (Lipinski definition) is 5. The number of hydrogen-bond donors (Lipinski definition) is 1. The molecule has 0 aliphatic rings. The van der Waals surface area contributed by atoms with Gasteiger partial charge >= 0.3 is 5.97 Å². The van der Waals surface area contributed by atoms with E-state index in [1.165, 1.54) is 25.6 Å². The van der Waals surface area contributed by atoms with E-state index in [1.807, 2.05) is 0 Å². The first-order valence-corrected chi connectivity index (χ1v) is 5.12. The highest BCUT2D eigenvalue weighted by atomic mass is 19.1. The molecule has 1 heterocycles. The van der Waals surface area contributed by atoms with Gasteiger partial charge in [-0.15, -0.1) is 0 Å². The standard InChI is InChI=1S/C12H10FN3O2/c1-18-12(17)10-6-14-7-11(16-10)15-9-5-3-2-4-8(9)13/h2-7H,1H3,(H,15,16). The molecule has 0 aliphatic carbocycles. The van der Waals surface area contributed by atoms with Crippen molar-refractivity contribution in [1.29, 1.82) is 0 Å². The van der Waals surface area contributed by atoms with Crippen molar-refractivity contribution in [2.24, 2.45) is 0 Å². The first kappa shape index (κ1) is 12.0. The Balaban J connectivity index is 2.25. The van der Waals surface area contributed by atoms with Gasteiger partial charge in [0, 0.05) is 0 Å². The molecule has 0 atom stereocenters. The van der Waals surface area contributed by atoms with Crippen LogP contribution in [0.25, 0.3) is 0 Å². The molecule has 0 unspecified atom stereocenters. The second-order valence-corrected chi connectivity index (χ2v) is 3.39. The summed E-state index contributed by atoms with van der Waals surface area (Å²) < 4.78 is 17.9. The summed E-state index contributed by atoms with van der Waals surface area (Å²) in [5, 5.41) is 2.74. The Kier molecular flexibility index (Phi) is 3.47. The van der Waals surface area contributed by atoms with Gasteiger partial charge in [-0.3, -0.25) is 4.98 Å². The summed E-state index contributed by atoms with van der Waals surface area (Å²) in [7, 11) is 1.25. The minimum absolute atomic E-state index is 0.0545. The van der Waals surface area contributed by atoms with Crippen molar-refractivity contribution >= 4 is 17.5 Å². The van der Waals surface area contributed by atoms with Gasteiger partial charge in [-0.2, -0.15) is 0 Å². The molecular weight excluding hydrogens is 237 g/mol. The average molecular weight is 247 g/mol. The number of rotatable bonds is 3. The monoisotopic (exact) mass is 247 g/mol. The number of carbonyl (C=O) groups excluding carboxylic acids is 1. The van der Waals surface area contributed by atoms with Crippen LogP contribution in [0.2, 0.25) is 0 Å². The van der Waals surface area contributed by atoms with Crippen molar-refractivity contribution in [3.05, 3.63) is 48.2 Å². The molecular formula is C12H10FN3O2. The fourth-order valence-corrected chi connectivity index (χ4v) is 1.33. The fourth-order valence-electron chi connectivity index (χ4n) is 1.33. The van der Waals surface area contributed by atoms with Gasteiger partial charge in [0.05, 0.1) is 25.2 Å². The highest BCUT2D eigenvalue weighted by Gasteiger charge is 2.09. The van der Waals surface area contributed by atoms with Crippen LogP contribution in [0, 0.1) is 5.82 Å². The van der Waals surface area contributed by atoms with E-state index >= 15 is 0 Å². The molecule has 0 saturated carbocycles. The molecule has 0 spiro atoms. The average Bonchev–Trinajstić information content (AvgIpc) is 2.41. The first-order chi connectivity index (χ1) is 8.70. The van der Waals surface area contributed by atoms with E-state index in [9.17, 15) is 9.18 Å². The van der Waals surface area contributed by atoms with Crippen LogP contribution in [-0.2, 0) is 4.74 Å². The maximum Gasteiger partial charge on any atom is 0.358 e. The lowest BCUT2D eigenvalue weighted by atomic mass is 10.3. The highest BCUT2D eigenvalue weighted by molar-refractivity contribution is 5.87. The number of anilines is 2. The predicted molar refractivity (Wildman–Crippen MR) is 63.1 cm³/mol. The van der Waals surface area contributed by atoms with E-state index in [-0.39, 0.29) is 17.2 Å². The van der Waals surface area contributed by atoms with Crippen LogP contribution in [0.15, 0.2) is 36.7 Å². The van der Waals surface area contributed by atoms with Crippen LogP contribution >= 0.6 is 0 Å². The van der Waals surface area contributed by atoms with Crippen molar-refractivity contribution in [2.75, 3.05) is 12.4 Å². The van der Waals surface area contributed by atoms with Crippen LogP contribution in [0.1, 0.15) is 10.5 Å². The van der Waals surface area contributed by atoms with Crippen molar-refractivity contribution in [2.45, 2.75) is 0 Å². The zero-order valence-corrected chi connectivity index (χ0v) is 9.55. The second-order valence-electron chi connectivity index (χ2n) is 3.39. The molecule has 5 nitrogen and oxygen atoms in total. The Morgan fingerprint density at radius 3 is 2.83 bits per heavy atom. The van der Waals surface area contributed by atoms with E-state index in [2.05, 4.69) is 20.0 Å². The van der Waals surface area contributed by atoms with Crippen molar-refractivity contribution in [3.63, 3.8) is 0 Å². The fraction of sp³-hybridized carbons (Fsp3) is 0.0833. The molecule has 1 aromatic carbocycles. The largest absolute Gasteiger partial charge is 0.464 e. The third-order valence-corrected chi connectivity index (χ3v) is 2.17. The molecule has 0 bridgehead atoms. The molecule has 1 N–H and O–H groups in total. The maximum absolute atomic E-state index is 13.4. The van der Waals surface area contributed by atoms with Crippen LogP contribution in [-0.4, -0.2) is 23.0 Å². The molecule has 0 aliphatic heterocycles. The number of halogens is 1. The van der Waals surface area contributed by atoms with Gasteiger partial charge in [0.2, 0.25) is 0 Å². The van der Waals surface area contributed by atoms with Crippen LogP contribution in [0.4, 0.5) is 15.9 Å².